The fourth-order valence-corrected chi connectivity index (χ4v) is 1.34. The maximum Gasteiger partial charge on any atom is 0.152 e. The molecule has 0 radical (unpaired) electrons. The molecular formula is C13H22O2. The third kappa shape index (κ3) is 11.0. The molecule has 0 saturated carbocycles. The molecule has 0 aliphatic heterocycles. The summed E-state index contributed by atoms with van der Waals surface area (Å²) < 4.78 is 0. The highest BCUT2D eigenvalue weighted by Crippen LogP contribution is 2.08. The van der Waals surface area contributed by atoms with Crippen LogP contribution in [0.5, 0.6) is 0 Å². The van der Waals surface area contributed by atoms with E-state index in [1.807, 2.05) is 6.08 Å². The number of rotatable bonds is 9. The number of aliphatic hydroxyl groups excluding tert-OH is 1. The highest BCUT2D eigenvalue weighted by atomic mass is 16.3. The molecule has 2 heteroatoms. The Bertz CT molecular complexity index is 207. The largest absolute Gasteiger partial charge is 0.389 e. The average molecular weight is 210 g/mol. The van der Waals surface area contributed by atoms with Crippen LogP contribution in [-0.2, 0) is 4.79 Å². The summed E-state index contributed by atoms with van der Waals surface area (Å²) in [5.41, 5.74) is 0. The number of hydrogen-bond donors (Lipinski definition) is 1. The van der Waals surface area contributed by atoms with Gasteiger partial charge in [-0.15, -0.1) is 6.58 Å². The van der Waals surface area contributed by atoms with Gasteiger partial charge < -0.3 is 5.11 Å². The van der Waals surface area contributed by atoms with Crippen LogP contribution in [0, 0.1) is 0 Å². The van der Waals surface area contributed by atoms with Crippen LogP contribution >= 0.6 is 0 Å². The summed E-state index contributed by atoms with van der Waals surface area (Å²) in [4.78, 5) is 10.6. The number of carbonyl (C=O) groups excluding carboxylic acids is 1. The van der Waals surface area contributed by atoms with Gasteiger partial charge in [-0.05, 0) is 32.3 Å². The fourth-order valence-electron chi connectivity index (χ4n) is 1.34. The van der Waals surface area contributed by atoms with Crippen LogP contribution in [0.3, 0.4) is 0 Å². The lowest BCUT2D eigenvalue weighted by atomic mass is 10.1. The second-order valence-corrected chi connectivity index (χ2v) is 3.82. The van der Waals surface area contributed by atoms with Crippen LogP contribution in [0.15, 0.2) is 24.8 Å². The Labute approximate surface area is 92.7 Å². The van der Waals surface area contributed by atoms with Crippen molar-refractivity contribution in [3.05, 3.63) is 24.8 Å². The molecular weight excluding hydrogens is 188 g/mol. The molecule has 0 aliphatic rings. The summed E-state index contributed by atoms with van der Waals surface area (Å²) in [6, 6.07) is 0. The molecule has 0 rings (SSSR count). The van der Waals surface area contributed by atoms with Gasteiger partial charge in [-0.1, -0.05) is 31.4 Å². The van der Waals surface area contributed by atoms with Crippen LogP contribution < -0.4 is 0 Å². The second kappa shape index (κ2) is 9.66. The Balaban J connectivity index is 3.34. The summed E-state index contributed by atoms with van der Waals surface area (Å²) in [7, 11) is 0. The number of ketones is 1. The van der Waals surface area contributed by atoms with Crippen LogP contribution in [0.2, 0.25) is 0 Å². The summed E-state index contributed by atoms with van der Waals surface area (Å²) in [6.45, 7) is 5.15. The van der Waals surface area contributed by atoms with E-state index in [0.717, 1.165) is 25.7 Å². The van der Waals surface area contributed by atoms with Gasteiger partial charge in [0, 0.05) is 0 Å². The number of carbonyl (C=O) groups is 1. The minimum atomic E-state index is -0.465. The van der Waals surface area contributed by atoms with E-state index in [1.165, 1.54) is 25.8 Å². The summed E-state index contributed by atoms with van der Waals surface area (Å²) >= 11 is 0. The molecule has 0 spiro atoms. The van der Waals surface area contributed by atoms with Gasteiger partial charge >= 0.3 is 0 Å². The van der Waals surface area contributed by atoms with E-state index in [9.17, 15) is 9.90 Å². The van der Waals surface area contributed by atoms with Crippen molar-refractivity contribution < 1.29 is 9.90 Å². The Morgan fingerprint density at radius 2 is 2.00 bits per heavy atom. The summed E-state index contributed by atoms with van der Waals surface area (Å²) in [5, 5.41) is 9.45. The molecule has 2 nitrogen and oxygen atoms in total. The monoisotopic (exact) mass is 210 g/mol. The lowest BCUT2D eigenvalue weighted by Crippen LogP contribution is -2.02. The Morgan fingerprint density at radius 3 is 2.60 bits per heavy atom. The van der Waals surface area contributed by atoms with E-state index in [4.69, 9.17) is 0 Å². The highest BCUT2D eigenvalue weighted by Gasteiger charge is 1.98. The van der Waals surface area contributed by atoms with Gasteiger partial charge in [-0.3, -0.25) is 4.79 Å². The van der Waals surface area contributed by atoms with Gasteiger partial charge in [0.2, 0.25) is 0 Å². The number of unbranched alkanes of at least 4 members (excludes halogenated alkanes) is 4. The molecule has 0 bridgehead atoms. The summed E-state index contributed by atoms with van der Waals surface area (Å²) in [6.07, 6.45) is 10.8. The molecule has 0 aromatic carbocycles. The van der Waals surface area contributed by atoms with Crippen molar-refractivity contribution in [1.29, 1.82) is 0 Å². The molecule has 1 atom stereocenters. The molecule has 0 aromatic heterocycles. The second-order valence-electron chi connectivity index (χ2n) is 3.82. The van der Waals surface area contributed by atoms with E-state index in [2.05, 4.69) is 6.58 Å². The van der Waals surface area contributed by atoms with Gasteiger partial charge in [0.25, 0.3) is 0 Å². The number of allylic oxidation sites excluding steroid dienone is 2. The van der Waals surface area contributed by atoms with Crippen molar-refractivity contribution in [3.8, 4) is 0 Å². The average Bonchev–Trinajstić information content (AvgIpc) is 2.20. The molecule has 1 unspecified atom stereocenters. The van der Waals surface area contributed by atoms with Crippen molar-refractivity contribution in [3.63, 3.8) is 0 Å². The first-order valence-corrected chi connectivity index (χ1v) is 5.64. The molecule has 0 fully saturated rings. The lowest BCUT2D eigenvalue weighted by molar-refractivity contribution is -0.112. The molecule has 0 aromatic rings. The van der Waals surface area contributed by atoms with E-state index < -0.39 is 6.10 Å². The van der Waals surface area contributed by atoms with Crippen molar-refractivity contribution in [2.45, 2.75) is 51.6 Å². The maximum atomic E-state index is 10.6. The van der Waals surface area contributed by atoms with Gasteiger partial charge in [0.1, 0.15) is 0 Å². The van der Waals surface area contributed by atoms with E-state index in [-0.39, 0.29) is 5.78 Å². The molecule has 0 heterocycles. The zero-order chi connectivity index (χ0) is 11.5. The van der Waals surface area contributed by atoms with Gasteiger partial charge in [0.15, 0.2) is 5.78 Å². The van der Waals surface area contributed by atoms with Crippen molar-refractivity contribution in [2.75, 3.05) is 0 Å². The van der Waals surface area contributed by atoms with E-state index in [0.29, 0.717) is 0 Å². The first-order chi connectivity index (χ1) is 7.16. The van der Waals surface area contributed by atoms with Crippen molar-refractivity contribution >= 4 is 5.78 Å². The summed E-state index contributed by atoms with van der Waals surface area (Å²) in [5.74, 6) is -0.0139. The molecule has 0 aliphatic carbocycles. The van der Waals surface area contributed by atoms with Gasteiger partial charge in [-0.2, -0.15) is 0 Å². The third-order valence-corrected chi connectivity index (χ3v) is 2.21. The maximum absolute atomic E-state index is 10.6. The topological polar surface area (TPSA) is 37.3 Å². The lowest BCUT2D eigenvalue weighted by Gasteiger charge is -2.04. The Hall–Kier alpha value is -0.890. The van der Waals surface area contributed by atoms with Crippen molar-refractivity contribution in [1.82, 2.24) is 0 Å². The normalized spacial score (nSPS) is 12.9. The van der Waals surface area contributed by atoms with Crippen LogP contribution in [0.4, 0.5) is 0 Å². The molecule has 1 N–H and O–H groups in total. The predicted octanol–water partition coefficient (Wildman–Crippen LogP) is 3.02. The highest BCUT2D eigenvalue weighted by molar-refractivity contribution is 5.87. The third-order valence-electron chi connectivity index (χ3n) is 2.21. The van der Waals surface area contributed by atoms with Gasteiger partial charge in [-0.25, -0.2) is 0 Å². The quantitative estimate of drug-likeness (QED) is 0.361. The standard InChI is InChI=1S/C13H22O2/c1-3-4-5-6-7-8-9-13(15)11-10-12(2)14/h3,10-11,13,15H,1,4-9H2,2H3/b11-10+. The molecule has 15 heavy (non-hydrogen) atoms. The van der Waals surface area contributed by atoms with Crippen LogP contribution in [0.1, 0.15) is 45.4 Å². The molecule has 86 valence electrons. The van der Waals surface area contributed by atoms with Crippen molar-refractivity contribution in [2.24, 2.45) is 0 Å². The van der Waals surface area contributed by atoms with E-state index in [1.54, 1.807) is 6.08 Å². The molecule has 0 saturated heterocycles. The Kier molecular flexibility index (Phi) is 9.08. The van der Waals surface area contributed by atoms with E-state index >= 15 is 0 Å². The fraction of sp³-hybridized carbons (Fsp3) is 0.615. The smallest absolute Gasteiger partial charge is 0.152 e. The number of hydrogen-bond acceptors (Lipinski definition) is 2. The number of aliphatic hydroxyl groups is 1. The van der Waals surface area contributed by atoms with Gasteiger partial charge in [0.05, 0.1) is 6.10 Å². The SMILES string of the molecule is C=CCCCCCCC(O)/C=C/C(C)=O. The first-order valence-electron chi connectivity index (χ1n) is 5.64. The molecule has 0 amide bonds. The minimum Gasteiger partial charge on any atom is -0.389 e. The minimum absolute atomic E-state index is 0.0139. The van der Waals surface area contributed by atoms with Crippen LogP contribution in [-0.4, -0.2) is 17.0 Å². The Morgan fingerprint density at radius 1 is 1.33 bits per heavy atom. The van der Waals surface area contributed by atoms with Crippen LogP contribution in [0.25, 0.3) is 0 Å². The predicted molar refractivity (Wildman–Crippen MR) is 63.7 cm³/mol. The zero-order valence-corrected chi connectivity index (χ0v) is 9.61. The first kappa shape index (κ1) is 14.1. The zero-order valence-electron chi connectivity index (χ0n) is 9.61.